The minimum absolute atomic E-state index is 0.207. The first kappa shape index (κ1) is 31.4. The monoisotopic (exact) mass is 652 g/mol. The average molecular weight is 653 g/mol. The lowest BCUT2D eigenvalue weighted by Gasteiger charge is -2.32. The maximum absolute atomic E-state index is 12.0. The molecule has 2 unspecified atom stereocenters. The number of hydrogen-bond acceptors (Lipinski definition) is 8. The van der Waals surface area contributed by atoms with Crippen molar-refractivity contribution in [3.8, 4) is 0 Å². The molecule has 0 spiro atoms. The van der Waals surface area contributed by atoms with E-state index < -0.39 is 0 Å². The van der Waals surface area contributed by atoms with Crippen molar-refractivity contribution in [1.82, 2.24) is 19.8 Å². The zero-order valence-electron chi connectivity index (χ0n) is 26.1. The van der Waals surface area contributed by atoms with E-state index in [1.165, 1.54) is 0 Å². The summed E-state index contributed by atoms with van der Waals surface area (Å²) >= 11 is 9.33. The highest BCUT2D eigenvalue weighted by molar-refractivity contribution is 7.19. The van der Waals surface area contributed by atoms with Gasteiger partial charge in [0, 0.05) is 56.9 Å². The van der Waals surface area contributed by atoms with Crippen LogP contribution >= 0.6 is 34.3 Å². The van der Waals surface area contributed by atoms with Crippen LogP contribution in [0.1, 0.15) is 75.2 Å². The summed E-state index contributed by atoms with van der Waals surface area (Å²) in [6.07, 6.45) is 3.10. The van der Waals surface area contributed by atoms with Crippen LogP contribution < -0.4 is 5.46 Å². The van der Waals surface area contributed by atoms with Crippen LogP contribution in [0.15, 0.2) is 36.4 Å². The van der Waals surface area contributed by atoms with Gasteiger partial charge in [-0.15, -0.1) is 22.7 Å². The van der Waals surface area contributed by atoms with Gasteiger partial charge in [-0.3, -0.25) is 9.59 Å². The Morgan fingerprint density at radius 1 is 0.795 bits per heavy atom. The highest BCUT2D eigenvalue weighted by Crippen LogP contribution is 2.38. The van der Waals surface area contributed by atoms with Crippen LogP contribution in [0.5, 0.6) is 0 Å². The molecule has 8 nitrogen and oxygen atoms in total. The molecule has 3 aliphatic heterocycles. The number of hydrogen-bond donors (Lipinski definition) is 0. The Kier molecular flexibility index (Phi) is 8.56. The van der Waals surface area contributed by atoms with Gasteiger partial charge in [-0.25, -0.2) is 9.97 Å². The number of thiazole rings is 2. The highest BCUT2D eigenvalue weighted by atomic mass is 35.5. The quantitative estimate of drug-likeness (QED) is 0.245. The lowest BCUT2D eigenvalue weighted by Crippen LogP contribution is -2.41. The minimum atomic E-state index is -0.376. The summed E-state index contributed by atoms with van der Waals surface area (Å²) in [6, 6.07) is 12.0. The Labute approximate surface area is 271 Å². The van der Waals surface area contributed by atoms with Crippen LogP contribution in [0.25, 0.3) is 20.4 Å². The predicted molar refractivity (Wildman–Crippen MR) is 179 cm³/mol. The molecule has 0 radical (unpaired) electrons. The summed E-state index contributed by atoms with van der Waals surface area (Å²) < 4.78 is 14.6. The lowest BCUT2D eigenvalue weighted by molar-refractivity contribution is -0.133. The molecular weight excluding hydrogens is 615 g/mol. The SMILES string of the molecule is CN1CCC(c2nc3cc(B4OC(C)(C)C(C)(C)O4)ccc3s2)CC1=O.CN1CCC(c2nc3cc(Cl)ccc3s2)CC1=O. The first-order valence-electron chi connectivity index (χ1n) is 15.1. The zero-order chi connectivity index (χ0) is 31.4. The molecule has 3 aliphatic rings. The fraction of sp³-hybridized carbons (Fsp3) is 0.500. The summed E-state index contributed by atoms with van der Waals surface area (Å²) in [5, 5.41) is 2.83. The van der Waals surface area contributed by atoms with Gasteiger partial charge in [-0.1, -0.05) is 17.7 Å². The first-order chi connectivity index (χ1) is 20.8. The maximum atomic E-state index is 12.0. The van der Waals surface area contributed by atoms with Crippen LogP contribution in [-0.4, -0.2) is 77.1 Å². The molecule has 0 bridgehead atoms. The van der Waals surface area contributed by atoms with E-state index in [1.54, 1.807) is 32.5 Å². The second kappa shape index (κ2) is 12.0. The molecule has 2 aromatic heterocycles. The van der Waals surface area contributed by atoms with E-state index in [0.717, 1.165) is 61.8 Å². The van der Waals surface area contributed by atoms with Gasteiger partial charge in [-0.2, -0.15) is 0 Å². The van der Waals surface area contributed by atoms with Crippen molar-refractivity contribution in [3.05, 3.63) is 51.4 Å². The average Bonchev–Trinajstić information content (AvgIpc) is 3.64. The molecule has 0 N–H and O–H groups in total. The van der Waals surface area contributed by atoms with Crippen molar-refractivity contribution in [2.45, 2.75) is 76.4 Å². The summed E-state index contributed by atoms with van der Waals surface area (Å²) in [6.45, 7) is 9.86. The topological polar surface area (TPSA) is 84.9 Å². The third-order valence-corrected chi connectivity index (χ3v) is 12.0. The molecule has 232 valence electrons. The van der Waals surface area contributed by atoms with E-state index in [0.29, 0.717) is 17.9 Å². The smallest absolute Gasteiger partial charge is 0.399 e. The minimum Gasteiger partial charge on any atom is -0.399 e. The van der Waals surface area contributed by atoms with Gasteiger partial charge in [0.1, 0.15) is 0 Å². The Balaban J connectivity index is 0.000000167. The normalized spacial score (nSPS) is 23.4. The highest BCUT2D eigenvalue weighted by Gasteiger charge is 2.51. The number of fused-ring (bicyclic) bond motifs is 2. The Bertz CT molecular complexity index is 1710. The van der Waals surface area contributed by atoms with Gasteiger partial charge >= 0.3 is 7.12 Å². The van der Waals surface area contributed by atoms with Crippen molar-refractivity contribution in [3.63, 3.8) is 0 Å². The molecular formula is C32H38BClN4O4S2. The molecule has 44 heavy (non-hydrogen) atoms. The zero-order valence-corrected chi connectivity index (χ0v) is 28.4. The third-order valence-electron chi connectivity index (χ3n) is 9.34. The molecule has 3 saturated heterocycles. The second-order valence-corrected chi connectivity index (χ2v) is 15.6. The van der Waals surface area contributed by atoms with Crippen molar-refractivity contribution in [1.29, 1.82) is 0 Å². The maximum Gasteiger partial charge on any atom is 0.494 e. The fourth-order valence-corrected chi connectivity index (χ4v) is 7.99. The van der Waals surface area contributed by atoms with Gasteiger partial charge < -0.3 is 19.1 Å². The van der Waals surface area contributed by atoms with Gasteiger partial charge in [-0.05, 0) is 76.3 Å². The molecule has 2 aromatic carbocycles. The number of benzene rings is 2. The molecule has 0 aliphatic carbocycles. The van der Waals surface area contributed by atoms with Crippen LogP contribution in [0.3, 0.4) is 0 Å². The van der Waals surface area contributed by atoms with Crippen LogP contribution in [0.2, 0.25) is 5.02 Å². The molecule has 2 amide bonds. The number of aromatic nitrogens is 2. The van der Waals surface area contributed by atoms with Gasteiger partial charge in [0.15, 0.2) is 0 Å². The summed E-state index contributed by atoms with van der Waals surface area (Å²) in [5.74, 6) is 0.920. The number of likely N-dealkylation sites (tertiary alicyclic amines) is 2. The largest absolute Gasteiger partial charge is 0.494 e. The number of rotatable bonds is 3. The van der Waals surface area contributed by atoms with E-state index in [4.69, 9.17) is 25.9 Å². The number of carbonyl (C=O) groups is 2. The van der Waals surface area contributed by atoms with Crippen LogP contribution in [0.4, 0.5) is 0 Å². The van der Waals surface area contributed by atoms with Crippen LogP contribution in [0, 0.1) is 0 Å². The number of nitrogens with zero attached hydrogens (tertiary/aromatic N) is 4. The van der Waals surface area contributed by atoms with Gasteiger partial charge in [0.05, 0.1) is 41.7 Å². The Morgan fingerprint density at radius 2 is 1.27 bits per heavy atom. The number of piperidine rings is 2. The summed E-state index contributed by atoms with van der Waals surface area (Å²) in [7, 11) is 3.35. The molecule has 3 fully saturated rings. The van der Waals surface area contributed by atoms with E-state index in [-0.39, 0.29) is 42.0 Å². The van der Waals surface area contributed by atoms with Crippen molar-refractivity contribution < 1.29 is 18.9 Å². The second-order valence-electron chi connectivity index (χ2n) is 13.0. The van der Waals surface area contributed by atoms with E-state index in [9.17, 15) is 9.59 Å². The third kappa shape index (κ3) is 6.26. The van der Waals surface area contributed by atoms with Crippen molar-refractivity contribution in [2.24, 2.45) is 0 Å². The molecule has 4 aromatic rings. The standard InChI is InChI=1S/C19H25BN2O3S.C13H13ClN2OS/c1-18(2)19(3,4)25-20(24-18)13-6-7-15-14(11-13)21-17(26-15)12-8-9-22(5)16(23)10-12;1-16-5-4-8(6-12(16)17)13-15-10-7-9(14)2-3-11(10)18-13/h6-7,11-12H,8-10H2,1-5H3;2-3,7-8H,4-6H2,1H3. The molecule has 0 saturated carbocycles. The van der Waals surface area contributed by atoms with E-state index in [1.807, 2.05) is 32.3 Å². The van der Waals surface area contributed by atoms with E-state index >= 15 is 0 Å². The number of amides is 2. The van der Waals surface area contributed by atoms with Gasteiger partial charge in [0.2, 0.25) is 11.8 Å². The number of carbonyl (C=O) groups excluding carboxylic acids is 2. The summed E-state index contributed by atoms with van der Waals surface area (Å²) in [4.78, 5) is 36.8. The molecule has 2 atom stereocenters. The lowest BCUT2D eigenvalue weighted by atomic mass is 9.79. The Hall–Kier alpha value is -2.57. The van der Waals surface area contributed by atoms with Crippen LogP contribution in [-0.2, 0) is 18.9 Å². The first-order valence-corrected chi connectivity index (χ1v) is 17.1. The van der Waals surface area contributed by atoms with E-state index in [2.05, 4.69) is 50.9 Å². The van der Waals surface area contributed by atoms with Gasteiger partial charge in [0.25, 0.3) is 0 Å². The fourth-order valence-electron chi connectivity index (χ4n) is 5.66. The molecule has 5 heterocycles. The summed E-state index contributed by atoms with van der Waals surface area (Å²) in [5.41, 5.74) is 2.19. The molecule has 7 rings (SSSR count). The Morgan fingerprint density at radius 3 is 1.77 bits per heavy atom. The van der Waals surface area contributed by atoms with Crippen molar-refractivity contribution in [2.75, 3.05) is 27.2 Å². The predicted octanol–water partition coefficient (Wildman–Crippen LogP) is 6.22. The number of halogens is 1. The molecule has 12 heteroatoms. The van der Waals surface area contributed by atoms with Crippen molar-refractivity contribution >= 4 is 79.1 Å².